The van der Waals surface area contributed by atoms with E-state index in [2.05, 4.69) is 29.6 Å². The summed E-state index contributed by atoms with van der Waals surface area (Å²) in [5.74, 6) is 0.856. The van der Waals surface area contributed by atoms with Crippen LogP contribution in [0.4, 0.5) is 0 Å². The zero-order valence-electron chi connectivity index (χ0n) is 18.3. The lowest BCUT2D eigenvalue weighted by Crippen LogP contribution is -2.45. The van der Waals surface area contributed by atoms with Crippen LogP contribution < -0.4 is 5.32 Å². The van der Waals surface area contributed by atoms with Crippen LogP contribution in [0.2, 0.25) is 0 Å². The molecule has 0 aromatic heterocycles. The molecule has 3 rings (SSSR count). The molecule has 5 nitrogen and oxygen atoms in total. The number of nitrogens with one attached hydrogen (secondary N) is 3. The summed E-state index contributed by atoms with van der Waals surface area (Å²) in [5, 5.41) is 20.2. The van der Waals surface area contributed by atoms with Crippen LogP contribution >= 0.6 is 0 Å². The molecule has 0 saturated heterocycles. The third-order valence-corrected chi connectivity index (χ3v) is 6.02. The summed E-state index contributed by atoms with van der Waals surface area (Å²) in [4.78, 5) is 14.3. The fourth-order valence-corrected chi connectivity index (χ4v) is 4.14. The molecule has 1 fully saturated rings. The summed E-state index contributed by atoms with van der Waals surface area (Å²) in [6.07, 6.45) is 7.43. The zero-order chi connectivity index (χ0) is 21.9. The average Bonchev–Trinajstić information content (AvgIpc) is 2.83. The fourth-order valence-electron chi connectivity index (χ4n) is 4.14. The molecule has 0 bridgehead atoms. The first-order valence-corrected chi connectivity index (χ1v) is 11.4. The van der Waals surface area contributed by atoms with Gasteiger partial charge in [0, 0.05) is 18.9 Å². The van der Waals surface area contributed by atoms with Crippen molar-refractivity contribution in [2.75, 3.05) is 13.1 Å². The molecule has 0 unspecified atom stereocenters. The molecular weight excluding hydrogens is 384 g/mol. The normalized spacial score (nSPS) is 14.1. The molecular formula is C26H34N4O. The second-order valence-corrected chi connectivity index (χ2v) is 8.32. The SMILES string of the molecule is N=C(CCc1ccccc1)N(CCc1ccccc1)C(=N)CNC(=O)C1CCCCC1. The highest BCUT2D eigenvalue weighted by Gasteiger charge is 2.22. The topological polar surface area (TPSA) is 80.0 Å². The van der Waals surface area contributed by atoms with Crippen LogP contribution in [0.5, 0.6) is 0 Å². The van der Waals surface area contributed by atoms with Crippen molar-refractivity contribution >= 4 is 17.6 Å². The summed E-state index contributed by atoms with van der Waals surface area (Å²) >= 11 is 0. The minimum Gasteiger partial charge on any atom is -0.349 e. The van der Waals surface area contributed by atoms with Gasteiger partial charge in [0.1, 0.15) is 11.7 Å². The predicted octanol–water partition coefficient (Wildman–Crippen LogP) is 4.81. The van der Waals surface area contributed by atoms with Crippen molar-refractivity contribution in [1.29, 1.82) is 10.8 Å². The van der Waals surface area contributed by atoms with Gasteiger partial charge in [-0.3, -0.25) is 15.6 Å². The Morgan fingerprint density at radius 1 is 0.839 bits per heavy atom. The smallest absolute Gasteiger partial charge is 0.223 e. The van der Waals surface area contributed by atoms with E-state index in [1.54, 1.807) is 4.90 Å². The second kappa shape index (κ2) is 12.0. The Morgan fingerprint density at radius 3 is 2.03 bits per heavy atom. The standard InChI is InChI=1S/C26H34N4O/c27-24(17-16-21-10-4-1-5-11-21)30(19-18-22-12-6-2-7-13-22)25(28)20-29-26(31)23-14-8-3-9-15-23/h1-2,4-7,10-13,23,27-28H,3,8-9,14-20H2,(H,29,31). The first-order valence-electron chi connectivity index (χ1n) is 11.4. The molecule has 1 aliphatic rings. The number of rotatable bonds is 9. The lowest BCUT2D eigenvalue weighted by atomic mass is 9.89. The highest BCUT2D eigenvalue weighted by Crippen LogP contribution is 2.23. The van der Waals surface area contributed by atoms with Gasteiger partial charge in [-0.05, 0) is 36.8 Å². The molecule has 2 aromatic carbocycles. The molecule has 0 aliphatic heterocycles. The summed E-state index contributed by atoms with van der Waals surface area (Å²) < 4.78 is 0. The van der Waals surface area contributed by atoms with Crippen molar-refractivity contribution in [1.82, 2.24) is 10.2 Å². The lowest BCUT2D eigenvalue weighted by molar-refractivity contribution is -0.125. The number of hydrogen-bond acceptors (Lipinski definition) is 3. The number of benzene rings is 2. The average molecular weight is 419 g/mol. The Balaban J connectivity index is 1.58. The molecule has 164 valence electrons. The van der Waals surface area contributed by atoms with Gasteiger partial charge in [0.25, 0.3) is 0 Å². The maximum atomic E-state index is 12.5. The number of nitrogens with zero attached hydrogens (tertiary/aromatic N) is 1. The van der Waals surface area contributed by atoms with Crippen molar-refractivity contribution < 1.29 is 4.79 Å². The number of carbonyl (C=O) groups excluding carboxylic acids is 1. The van der Waals surface area contributed by atoms with Crippen molar-refractivity contribution in [2.45, 2.75) is 51.4 Å². The number of carbonyl (C=O) groups is 1. The van der Waals surface area contributed by atoms with Gasteiger partial charge >= 0.3 is 0 Å². The van der Waals surface area contributed by atoms with Crippen LogP contribution in [0, 0.1) is 16.7 Å². The lowest BCUT2D eigenvalue weighted by Gasteiger charge is -2.27. The minimum absolute atomic E-state index is 0.0586. The molecule has 0 heterocycles. The van der Waals surface area contributed by atoms with Gasteiger partial charge in [0.2, 0.25) is 5.91 Å². The second-order valence-electron chi connectivity index (χ2n) is 8.32. The van der Waals surface area contributed by atoms with Crippen molar-refractivity contribution in [3.8, 4) is 0 Å². The minimum atomic E-state index is 0.0586. The molecule has 0 atom stereocenters. The Labute approximate surface area is 185 Å². The summed E-state index contributed by atoms with van der Waals surface area (Å²) in [6, 6.07) is 20.3. The third kappa shape index (κ3) is 7.35. The molecule has 3 N–H and O–H groups in total. The molecule has 5 heteroatoms. The van der Waals surface area contributed by atoms with Gasteiger partial charge in [-0.1, -0.05) is 79.9 Å². The number of amidine groups is 2. The monoisotopic (exact) mass is 418 g/mol. The summed E-state index contributed by atoms with van der Waals surface area (Å²) in [6.45, 7) is 0.744. The highest BCUT2D eigenvalue weighted by molar-refractivity contribution is 6.00. The van der Waals surface area contributed by atoms with Crippen LogP contribution in [0.1, 0.15) is 49.7 Å². The van der Waals surface area contributed by atoms with Crippen LogP contribution in [-0.2, 0) is 17.6 Å². The summed E-state index contributed by atoms with van der Waals surface area (Å²) in [5.41, 5.74) is 2.37. The van der Waals surface area contributed by atoms with Crippen molar-refractivity contribution in [3.63, 3.8) is 0 Å². The maximum absolute atomic E-state index is 12.5. The molecule has 2 aromatic rings. The summed E-state index contributed by atoms with van der Waals surface area (Å²) in [7, 11) is 0. The zero-order valence-corrected chi connectivity index (χ0v) is 18.3. The van der Waals surface area contributed by atoms with Gasteiger partial charge in [0.15, 0.2) is 0 Å². The maximum Gasteiger partial charge on any atom is 0.223 e. The van der Waals surface area contributed by atoms with E-state index in [-0.39, 0.29) is 24.2 Å². The first-order chi connectivity index (χ1) is 15.1. The molecule has 1 saturated carbocycles. The van der Waals surface area contributed by atoms with Gasteiger partial charge < -0.3 is 10.2 Å². The number of hydrogen-bond donors (Lipinski definition) is 3. The van der Waals surface area contributed by atoms with E-state index in [1.807, 2.05) is 36.4 Å². The molecule has 1 amide bonds. The highest BCUT2D eigenvalue weighted by atomic mass is 16.1. The van der Waals surface area contributed by atoms with Gasteiger partial charge in [0.05, 0.1) is 6.54 Å². The molecule has 0 spiro atoms. The molecule has 1 aliphatic carbocycles. The Morgan fingerprint density at radius 2 is 1.42 bits per heavy atom. The van der Waals surface area contributed by atoms with E-state index < -0.39 is 0 Å². The van der Waals surface area contributed by atoms with E-state index >= 15 is 0 Å². The van der Waals surface area contributed by atoms with Crippen LogP contribution in [0.15, 0.2) is 60.7 Å². The van der Waals surface area contributed by atoms with E-state index in [1.165, 1.54) is 17.5 Å². The Hall–Kier alpha value is -2.95. The quantitative estimate of drug-likeness (QED) is 0.403. The molecule has 0 radical (unpaired) electrons. The number of aryl methyl sites for hydroxylation is 1. The predicted molar refractivity (Wildman–Crippen MR) is 127 cm³/mol. The van der Waals surface area contributed by atoms with Crippen molar-refractivity contribution in [2.24, 2.45) is 5.92 Å². The van der Waals surface area contributed by atoms with Gasteiger partial charge in [-0.25, -0.2) is 0 Å². The first kappa shape index (κ1) is 22.7. The Kier molecular flexibility index (Phi) is 8.83. The van der Waals surface area contributed by atoms with E-state index in [9.17, 15) is 4.79 Å². The van der Waals surface area contributed by atoms with Crippen molar-refractivity contribution in [3.05, 3.63) is 71.8 Å². The van der Waals surface area contributed by atoms with Gasteiger partial charge in [-0.15, -0.1) is 0 Å². The van der Waals surface area contributed by atoms with Gasteiger partial charge in [-0.2, -0.15) is 0 Å². The van der Waals surface area contributed by atoms with E-state index in [0.29, 0.717) is 18.8 Å². The van der Waals surface area contributed by atoms with E-state index in [0.717, 1.165) is 38.5 Å². The van der Waals surface area contributed by atoms with E-state index in [4.69, 9.17) is 10.8 Å². The van der Waals surface area contributed by atoms with Crippen LogP contribution in [0.25, 0.3) is 0 Å². The Bertz CT molecular complexity index is 844. The fraction of sp³-hybridized carbons (Fsp3) is 0.423. The van der Waals surface area contributed by atoms with Crippen LogP contribution in [-0.4, -0.2) is 35.6 Å². The molecule has 31 heavy (non-hydrogen) atoms. The largest absolute Gasteiger partial charge is 0.349 e. The number of amides is 1. The van der Waals surface area contributed by atoms with Crippen LogP contribution in [0.3, 0.4) is 0 Å². The third-order valence-electron chi connectivity index (χ3n) is 6.02.